The Bertz CT molecular complexity index is 1250. The maximum Gasteiger partial charge on any atom is 0.282 e. The highest BCUT2D eigenvalue weighted by Gasteiger charge is 2.43. The Balaban J connectivity index is 1.84. The lowest BCUT2D eigenvalue weighted by molar-refractivity contribution is -0.120. The van der Waals surface area contributed by atoms with E-state index in [-0.39, 0.29) is 5.57 Å². The molecule has 174 valence electrons. The number of benzene rings is 3. The molecule has 0 aromatic heterocycles. The van der Waals surface area contributed by atoms with Gasteiger partial charge in [-0.1, -0.05) is 48.5 Å². The summed E-state index contributed by atoms with van der Waals surface area (Å²) in [6.45, 7) is 0.452. The largest absolute Gasteiger partial charge is 0.496 e. The zero-order chi connectivity index (χ0) is 24.2. The maximum atomic E-state index is 13.8. The van der Waals surface area contributed by atoms with Crippen LogP contribution in [0.2, 0.25) is 0 Å². The highest BCUT2D eigenvalue weighted by Crippen LogP contribution is 2.40. The molecule has 0 aliphatic carbocycles. The van der Waals surface area contributed by atoms with Crippen LogP contribution in [0.15, 0.2) is 78.5 Å². The van der Waals surface area contributed by atoms with Crippen molar-refractivity contribution in [3.05, 3.63) is 89.6 Å². The molecule has 0 unspecified atom stereocenters. The van der Waals surface area contributed by atoms with E-state index in [1.807, 2.05) is 42.5 Å². The molecule has 0 fully saturated rings. The first kappa shape index (κ1) is 22.9. The van der Waals surface area contributed by atoms with E-state index in [9.17, 15) is 9.59 Å². The van der Waals surface area contributed by atoms with E-state index in [1.165, 1.54) is 19.1 Å². The number of carbonyl (C=O) groups is 2. The first-order chi connectivity index (χ1) is 16.5. The molecule has 7 heteroatoms. The smallest absolute Gasteiger partial charge is 0.282 e. The second kappa shape index (κ2) is 9.70. The molecule has 3 aromatic rings. The maximum absolute atomic E-state index is 13.8. The van der Waals surface area contributed by atoms with E-state index in [0.717, 1.165) is 5.56 Å². The minimum absolute atomic E-state index is 0.288. The van der Waals surface area contributed by atoms with Crippen molar-refractivity contribution >= 4 is 23.1 Å². The fourth-order valence-corrected chi connectivity index (χ4v) is 4.10. The average Bonchev–Trinajstić information content (AvgIpc) is 3.13. The minimum Gasteiger partial charge on any atom is -0.496 e. The van der Waals surface area contributed by atoms with Gasteiger partial charge >= 0.3 is 0 Å². The monoisotopic (exact) mass is 458 g/mol. The van der Waals surface area contributed by atoms with Crippen molar-refractivity contribution in [3.63, 3.8) is 0 Å². The summed E-state index contributed by atoms with van der Waals surface area (Å²) < 4.78 is 16.2. The predicted octanol–water partition coefficient (Wildman–Crippen LogP) is 4.13. The molecule has 1 heterocycles. The highest BCUT2D eigenvalue weighted by atomic mass is 16.5. The van der Waals surface area contributed by atoms with E-state index in [2.05, 4.69) is 0 Å². The van der Waals surface area contributed by atoms with Gasteiger partial charge in [0.15, 0.2) is 11.5 Å². The van der Waals surface area contributed by atoms with Crippen LogP contribution in [0, 0.1) is 0 Å². The average molecular weight is 459 g/mol. The second-order valence-corrected chi connectivity index (χ2v) is 7.75. The Labute approximate surface area is 198 Å². The molecule has 0 saturated heterocycles. The van der Waals surface area contributed by atoms with Crippen molar-refractivity contribution in [1.29, 1.82) is 0 Å². The van der Waals surface area contributed by atoms with Gasteiger partial charge in [-0.25, -0.2) is 4.90 Å². The number of carbonyl (C=O) groups excluding carboxylic acids is 2. The molecule has 2 amide bonds. The standard InChI is InChI=1S/C27H26N2O5/c1-28(17-18-10-6-5-7-11-18)25-24(20-12-8-9-13-21(20)32-2)26(30)29(27(25)31)19-14-15-22(33-3)23(16-19)34-4/h5-16H,17H2,1-4H3. The van der Waals surface area contributed by atoms with Gasteiger partial charge in [-0.15, -0.1) is 0 Å². The number of ether oxygens (including phenoxy) is 3. The third-order valence-electron chi connectivity index (χ3n) is 5.71. The summed E-state index contributed by atoms with van der Waals surface area (Å²) in [7, 11) is 6.38. The van der Waals surface area contributed by atoms with Gasteiger partial charge in [-0.2, -0.15) is 0 Å². The summed E-state index contributed by atoms with van der Waals surface area (Å²) in [6.07, 6.45) is 0. The van der Waals surface area contributed by atoms with Crippen LogP contribution in [-0.4, -0.2) is 45.1 Å². The van der Waals surface area contributed by atoms with Crippen molar-refractivity contribution < 1.29 is 23.8 Å². The van der Waals surface area contributed by atoms with E-state index < -0.39 is 11.8 Å². The van der Waals surface area contributed by atoms with E-state index in [1.54, 1.807) is 49.4 Å². The Morgan fingerprint density at radius 2 is 1.38 bits per heavy atom. The van der Waals surface area contributed by atoms with Crippen LogP contribution in [0.4, 0.5) is 5.69 Å². The van der Waals surface area contributed by atoms with Crippen molar-refractivity contribution in [1.82, 2.24) is 4.90 Å². The summed E-state index contributed by atoms with van der Waals surface area (Å²) in [6, 6.07) is 21.9. The third kappa shape index (κ3) is 4.08. The lowest BCUT2D eigenvalue weighted by atomic mass is 10.0. The summed E-state index contributed by atoms with van der Waals surface area (Å²) in [5.74, 6) is 0.585. The molecule has 0 radical (unpaired) electrons. The minimum atomic E-state index is -0.434. The second-order valence-electron chi connectivity index (χ2n) is 7.75. The predicted molar refractivity (Wildman–Crippen MR) is 130 cm³/mol. The van der Waals surface area contributed by atoms with Crippen LogP contribution < -0.4 is 19.1 Å². The molecule has 1 aliphatic heterocycles. The highest BCUT2D eigenvalue weighted by molar-refractivity contribution is 6.45. The number of anilines is 1. The number of imide groups is 1. The van der Waals surface area contributed by atoms with Crippen molar-refractivity contribution in [2.45, 2.75) is 6.54 Å². The van der Waals surface area contributed by atoms with Gasteiger partial charge in [0.1, 0.15) is 11.4 Å². The number of hydrogen-bond acceptors (Lipinski definition) is 6. The van der Waals surface area contributed by atoms with E-state index in [4.69, 9.17) is 14.2 Å². The van der Waals surface area contributed by atoms with Crippen molar-refractivity contribution in [2.24, 2.45) is 0 Å². The van der Waals surface area contributed by atoms with Gasteiger partial charge < -0.3 is 19.1 Å². The summed E-state index contributed by atoms with van der Waals surface area (Å²) >= 11 is 0. The van der Waals surface area contributed by atoms with Gasteiger partial charge in [0, 0.05) is 25.2 Å². The Morgan fingerprint density at radius 1 is 0.735 bits per heavy atom. The molecule has 3 aromatic carbocycles. The zero-order valence-electron chi connectivity index (χ0n) is 19.6. The number of para-hydroxylation sites is 1. The summed E-state index contributed by atoms with van der Waals surface area (Å²) in [5.41, 5.74) is 2.55. The van der Waals surface area contributed by atoms with Gasteiger partial charge in [0.05, 0.1) is 32.6 Å². The summed E-state index contributed by atoms with van der Waals surface area (Å²) in [5, 5.41) is 0. The van der Waals surface area contributed by atoms with Crippen molar-refractivity contribution in [3.8, 4) is 17.2 Å². The van der Waals surface area contributed by atoms with Crippen LogP contribution in [0.5, 0.6) is 17.2 Å². The van der Waals surface area contributed by atoms with Crippen molar-refractivity contribution in [2.75, 3.05) is 33.3 Å². The van der Waals surface area contributed by atoms with Gasteiger partial charge in [0.25, 0.3) is 11.8 Å². The van der Waals surface area contributed by atoms with Gasteiger partial charge in [-0.05, 0) is 23.8 Å². The molecule has 0 N–H and O–H groups in total. The SMILES string of the molecule is COc1ccc(N2C(=O)C(c3ccccc3OC)=C(N(C)Cc3ccccc3)C2=O)cc1OC. The molecule has 34 heavy (non-hydrogen) atoms. The number of nitrogens with zero attached hydrogens (tertiary/aromatic N) is 2. The van der Waals surface area contributed by atoms with Crippen LogP contribution in [0.25, 0.3) is 5.57 Å². The van der Waals surface area contributed by atoms with Gasteiger partial charge in [-0.3, -0.25) is 9.59 Å². The number of methoxy groups -OCH3 is 3. The molecular weight excluding hydrogens is 432 g/mol. The molecule has 0 bridgehead atoms. The van der Waals surface area contributed by atoms with Gasteiger partial charge in [0.2, 0.25) is 0 Å². The normalized spacial score (nSPS) is 13.4. The molecule has 0 saturated carbocycles. The lowest BCUT2D eigenvalue weighted by Crippen LogP contribution is -2.34. The Kier molecular flexibility index (Phi) is 6.54. The zero-order valence-corrected chi connectivity index (χ0v) is 19.6. The number of amides is 2. The third-order valence-corrected chi connectivity index (χ3v) is 5.71. The molecule has 1 aliphatic rings. The lowest BCUT2D eigenvalue weighted by Gasteiger charge is -2.22. The Morgan fingerprint density at radius 3 is 2.06 bits per heavy atom. The van der Waals surface area contributed by atoms with E-state index in [0.29, 0.717) is 40.7 Å². The molecule has 4 rings (SSSR count). The van der Waals surface area contributed by atoms with Crippen LogP contribution in [0.1, 0.15) is 11.1 Å². The quantitative estimate of drug-likeness (QED) is 0.473. The number of hydrogen-bond donors (Lipinski definition) is 0. The molecular formula is C27H26N2O5. The fourth-order valence-electron chi connectivity index (χ4n) is 4.10. The summed E-state index contributed by atoms with van der Waals surface area (Å²) in [4.78, 5) is 30.5. The fraction of sp³-hybridized carbons (Fsp3) is 0.185. The molecule has 7 nitrogen and oxygen atoms in total. The van der Waals surface area contributed by atoms with Crippen LogP contribution >= 0.6 is 0 Å². The molecule has 0 spiro atoms. The molecule has 0 atom stereocenters. The number of likely N-dealkylation sites (N-methyl/N-ethyl adjacent to an activating group) is 1. The van der Waals surface area contributed by atoms with Crippen LogP contribution in [0.3, 0.4) is 0 Å². The van der Waals surface area contributed by atoms with Crippen LogP contribution in [-0.2, 0) is 16.1 Å². The van der Waals surface area contributed by atoms with E-state index >= 15 is 0 Å². The first-order valence-corrected chi connectivity index (χ1v) is 10.7. The Hall–Kier alpha value is -4.26. The topological polar surface area (TPSA) is 68.3 Å². The number of rotatable bonds is 8. The first-order valence-electron chi connectivity index (χ1n) is 10.7.